The van der Waals surface area contributed by atoms with E-state index in [1.54, 1.807) is 24.3 Å². The highest BCUT2D eigenvalue weighted by molar-refractivity contribution is 5.96. The van der Waals surface area contributed by atoms with Gasteiger partial charge in [0, 0.05) is 30.9 Å². The predicted octanol–water partition coefficient (Wildman–Crippen LogP) is 5.81. The summed E-state index contributed by atoms with van der Waals surface area (Å²) in [5.41, 5.74) is 7.41. The number of hydrogen-bond donors (Lipinski definition) is 2. The molecule has 6 heteroatoms. The number of nitrogens with one attached hydrogen (secondary N) is 1. The van der Waals surface area contributed by atoms with Gasteiger partial charge in [0.2, 0.25) is 0 Å². The molecule has 0 unspecified atom stereocenters. The Hall–Kier alpha value is -4.89. The van der Waals surface area contributed by atoms with Crippen molar-refractivity contribution in [3.05, 3.63) is 124 Å². The lowest BCUT2D eigenvalue weighted by atomic mass is 9.96. The third-order valence-electron chi connectivity index (χ3n) is 6.86. The molecule has 0 fully saturated rings. The molecule has 188 valence electrons. The van der Waals surface area contributed by atoms with Crippen molar-refractivity contribution in [1.82, 2.24) is 5.32 Å². The molecule has 0 aliphatic carbocycles. The number of nitrogens with zero attached hydrogens (tertiary/aromatic N) is 2. The van der Waals surface area contributed by atoms with Gasteiger partial charge >= 0.3 is 5.97 Å². The van der Waals surface area contributed by atoms with Gasteiger partial charge in [-0.1, -0.05) is 48.5 Å². The number of anilines is 1. The highest BCUT2D eigenvalue weighted by Gasteiger charge is 2.19. The summed E-state index contributed by atoms with van der Waals surface area (Å²) in [6.07, 6.45) is 1.90. The molecule has 4 aromatic carbocycles. The molecule has 0 radical (unpaired) electrons. The lowest BCUT2D eigenvalue weighted by molar-refractivity contribution is 0.0697. The van der Waals surface area contributed by atoms with Gasteiger partial charge in [-0.05, 0) is 83.1 Å². The van der Waals surface area contributed by atoms with E-state index in [0.717, 1.165) is 47.3 Å². The third-order valence-corrected chi connectivity index (χ3v) is 6.86. The number of amides is 1. The fraction of sp³-hybridized carbons (Fsp3) is 0.156. The van der Waals surface area contributed by atoms with Gasteiger partial charge in [0.1, 0.15) is 0 Å². The van der Waals surface area contributed by atoms with Gasteiger partial charge in [0.05, 0.1) is 17.2 Å². The van der Waals surface area contributed by atoms with Gasteiger partial charge in [0.15, 0.2) is 0 Å². The average Bonchev–Trinajstić information content (AvgIpc) is 2.96. The van der Waals surface area contributed by atoms with Crippen LogP contribution in [-0.4, -0.2) is 23.5 Å². The van der Waals surface area contributed by atoms with Crippen molar-refractivity contribution in [2.45, 2.75) is 25.9 Å². The number of rotatable bonds is 7. The summed E-state index contributed by atoms with van der Waals surface area (Å²) in [7, 11) is 0. The number of carbonyl (C=O) groups is 2. The Bertz CT molecular complexity index is 1540. The topological polar surface area (TPSA) is 93.4 Å². The first kappa shape index (κ1) is 24.8. The van der Waals surface area contributed by atoms with Crippen molar-refractivity contribution in [2.24, 2.45) is 0 Å². The maximum atomic E-state index is 12.8. The van der Waals surface area contributed by atoms with Crippen LogP contribution in [0.3, 0.4) is 0 Å². The van der Waals surface area contributed by atoms with Crippen LogP contribution in [0.2, 0.25) is 0 Å². The summed E-state index contributed by atoms with van der Waals surface area (Å²) in [4.78, 5) is 26.8. The van der Waals surface area contributed by atoms with E-state index in [4.69, 9.17) is 5.26 Å². The van der Waals surface area contributed by atoms with Crippen molar-refractivity contribution in [3.8, 4) is 17.2 Å². The van der Waals surface area contributed by atoms with Crippen LogP contribution in [0.15, 0.2) is 91.0 Å². The number of carboxylic acids is 1. The number of aromatic carboxylic acids is 1. The van der Waals surface area contributed by atoms with Crippen LogP contribution in [-0.2, 0) is 19.5 Å². The molecule has 1 amide bonds. The molecule has 0 saturated carbocycles. The van der Waals surface area contributed by atoms with Gasteiger partial charge in [-0.2, -0.15) is 5.26 Å². The highest BCUT2D eigenvalue weighted by Crippen LogP contribution is 2.31. The van der Waals surface area contributed by atoms with E-state index in [0.29, 0.717) is 29.8 Å². The second-order valence-electron chi connectivity index (χ2n) is 9.41. The van der Waals surface area contributed by atoms with Crippen molar-refractivity contribution in [1.29, 1.82) is 5.26 Å². The second-order valence-corrected chi connectivity index (χ2v) is 9.41. The highest BCUT2D eigenvalue weighted by atomic mass is 16.4. The summed E-state index contributed by atoms with van der Waals surface area (Å²) in [6, 6.07) is 30.2. The Morgan fingerprint density at radius 2 is 1.74 bits per heavy atom. The molecule has 4 aromatic rings. The molecule has 0 bridgehead atoms. The monoisotopic (exact) mass is 501 g/mol. The third kappa shape index (κ3) is 5.42. The van der Waals surface area contributed by atoms with Crippen LogP contribution >= 0.6 is 0 Å². The number of aryl methyl sites for hydroxylation is 1. The molecule has 38 heavy (non-hydrogen) atoms. The molecule has 0 atom stereocenters. The Morgan fingerprint density at radius 1 is 0.921 bits per heavy atom. The van der Waals surface area contributed by atoms with Crippen LogP contribution in [0, 0.1) is 11.3 Å². The number of hydrogen-bond acceptors (Lipinski definition) is 4. The van der Waals surface area contributed by atoms with Gasteiger partial charge in [-0.25, -0.2) is 4.79 Å². The van der Waals surface area contributed by atoms with Gasteiger partial charge in [-0.15, -0.1) is 0 Å². The zero-order valence-electron chi connectivity index (χ0n) is 20.9. The predicted molar refractivity (Wildman–Crippen MR) is 147 cm³/mol. The minimum atomic E-state index is -0.937. The van der Waals surface area contributed by atoms with E-state index in [9.17, 15) is 14.7 Å². The molecule has 0 saturated heterocycles. The van der Waals surface area contributed by atoms with Crippen LogP contribution in [0.5, 0.6) is 0 Å². The lowest BCUT2D eigenvalue weighted by Crippen LogP contribution is -2.29. The van der Waals surface area contributed by atoms with Gasteiger partial charge in [-0.3, -0.25) is 4.79 Å². The van der Waals surface area contributed by atoms with Crippen molar-refractivity contribution in [3.63, 3.8) is 0 Å². The second kappa shape index (κ2) is 11.0. The minimum absolute atomic E-state index is 0.126. The van der Waals surface area contributed by atoms with Crippen molar-refractivity contribution in [2.75, 3.05) is 11.4 Å². The van der Waals surface area contributed by atoms with E-state index >= 15 is 0 Å². The Labute approximate surface area is 221 Å². The van der Waals surface area contributed by atoms with Gasteiger partial charge < -0.3 is 15.3 Å². The number of fused-ring (bicyclic) bond motifs is 1. The fourth-order valence-corrected chi connectivity index (χ4v) is 4.94. The molecule has 1 heterocycles. The number of nitriles is 1. The zero-order valence-corrected chi connectivity index (χ0v) is 20.9. The Morgan fingerprint density at radius 3 is 2.53 bits per heavy atom. The van der Waals surface area contributed by atoms with E-state index in [-0.39, 0.29) is 11.5 Å². The number of carbonyl (C=O) groups excluding carboxylic acids is 1. The van der Waals surface area contributed by atoms with Crippen LogP contribution in [0.1, 0.15) is 49.4 Å². The molecule has 0 aromatic heterocycles. The first-order valence-electron chi connectivity index (χ1n) is 12.6. The van der Waals surface area contributed by atoms with E-state index < -0.39 is 5.97 Å². The normalized spacial score (nSPS) is 12.3. The SMILES string of the molecule is N#Cc1ccc(CNC(=O)c2ccc3c(c2)CCCN3Cc2cccc(-c3ccccc3C(=O)O)c2)cc1. The van der Waals surface area contributed by atoms with Crippen LogP contribution < -0.4 is 10.2 Å². The van der Waals surface area contributed by atoms with E-state index in [1.807, 2.05) is 54.6 Å². The molecular formula is C32H27N3O3. The summed E-state index contributed by atoms with van der Waals surface area (Å²) in [6.45, 7) is 2.00. The van der Waals surface area contributed by atoms with E-state index in [1.165, 1.54) is 0 Å². The summed E-state index contributed by atoms with van der Waals surface area (Å²) in [5.74, 6) is -1.06. The first-order valence-corrected chi connectivity index (χ1v) is 12.6. The van der Waals surface area contributed by atoms with Gasteiger partial charge in [0.25, 0.3) is 5.91 Å². The Balaban J connectivity index is 1.30. The van der Waals surface area contributed by atoms with Crippen molar-refractivity contribution < 1.29 is 14.7 Å². The molecule has 6 nitrogen and oxygen atoms in total. The Kier molecular flexibility index (Phi) is 7.19. The van der Waals surface area contributed by atoms with E-state index in [2.05, 4.69) is 28.4 Å². The smallest absolute Gasteiger partial charge is 0.336 e. The van der Waals surface area contributed by atoms with Crippen LogP contribution in [0.25, 0.3) is 11.1 Å². The molecular weight excluding hydrogens is 474 g/mol. The summed E-state index contributed by atoms with van der Waals surface area (Å²) < 4.78 is 0. The standard InChI is InChI=1S/C32H27N3O3/c33-19-22-10-12-23(13-11-22)20-34-31(36)27-14-15-30-26(18-27)7-4-16-35(30)21-24-5-3-6-25(17-24)28-8-1-2-9-29(28)32(37)38/h1-3,5-6,8-15,17-18H,4,7,16,20-21H2,(H,34,36)(H,37,38). The quantitative estimate of drug-likeness (QED) is 0.334. The number of benzene rings is 4. The average molecular weight is 502 g/mol. The molecule has 1 aliphatic rings. The fourth-order valence-electron chi connectivity index (χ4n) is 4.94. The molecule has 2 N–H and O–H groups in total. The number of carboxylic acid groups (broad SMARTS) is 1. The first-order chi connectivity index (χ1) is 18.5. The maximum absolute atomic E-state index is 12.8. The zero-order chi connectivity index (χ0) is 26.5. The summed E-state index contributed by atoms with van der Waals surface area (Å²) >= 11 is 0. The van der Waals surface area contributed by atoms with Crippen molar-refractivity contribution >= 4 is 17.6 Å². The molecule has 0 spiro atoms. The largest absolute Gasteiger partial charge is 0.478 e. The molecule has 1 aliphatic heterocycles. The van der Waals surface area contributed by atoms with Crippen LogP contribution in [0.4, 0.5) is 5.69 Å². The minimum Gasteiger partial charge on any atom is -0.478 e. The maximum Gasteiger partial charge on any atom is 0.336 e. The molecule has 5 rings (SSSR count). The summed E-state index contributed by atoms with van der Waals surface area (Å²) in [5, 5.41) is 21.5. The lowest BCUT2D eigenvalue weighted by Gasteiger charge is -2.32.